The molecule has 92 valence electrons. The van der Waals surface area contributed by atoms with Crippen molar-refractivity contribution in [2.24, 2.45) is 0 Å². The average molecular weight is 310 g/mol. The Kier molecular flexibility index (Phi) is 3.42. The van der Waals surface area contributed by atoms with Gasteiger partial charge in [-0.1, -0.05) is 15.9 Å². The quantitative estimate of drug-likeness (QED) is 0.809. The van der Waals surface area contributed by atoms with E-state index in [0.717, 1.165) is 0 Å². The molecule has 18 heavy (non-hydrogen) atoms. The topological polar surface area (TPSA) is 95.1 Å². The van der Waals surface area contributed by atoms with E-state index in [4.69, 9.17) is 5.11 Å². The van der Waals surface area contributed by atoms with Gasteiger partial charge in [0.1, 0.15) is 5.69 Å². The van der Waals surface area contributed by atoms with E-state index in [9.17, 15) is 9.59 Å². The molecule has 0 bridgehead atoms. The molecule has 0 saturated heterocycles. The number of imidazole rings is 1. The molecule has 6 nitrogen and oxygen atoms in total. The molecular formula is C11H8BrN3O3. The Hall–Kier alpha value is -2.15. The van der Waals surface area contributed by atoms with Crippen LogP contribution in [-0.2, 0) is 0 Å². The molecule has 2 aromatic rings. The minimum Gasteiger partial charge on any atom is -0.478 e. The second-order valence-electron chi connectivity index (χ2n) is 3.41. The SMILES string of the molecule is O=C(Nc1ccc(Br)cc1C(=O)O)c1cnc[nH]1. The van der Waals surface area contributed by atoms with Crippen molar-refractivity contribution in [3.8, 4) is 0 Å². The number of aromatic amines is 1. The maximum absolute atomic E-state index is 11.7. The van der Waals surface area contributed by atoms with Crippen LogP contribution in [0.1, 0.15) is 20.8 Å². The largest absolute Gasteiger partial charge is 0.478 e. The van der Waals surface area contributed by atoms with E-state index < -0.39 is 11.9 Å². The predicted octanol–water partition coefficient (Wildman–Crippen LogP) is 2.12. The minimum atomic E-state index is -1.11. The summed E-state index contributed by atoms with van der Waals surface area (Å²) in [5.74, 6) is -1.56. The Bertz CT molecular complexity index is 596. The molecule has 2 rings (SSSR count). The van der Waals surface area contributed by atoms with Crippen molar-refractivity contribution in [2.45, 2.75) is 0 Å². The van der Waals surface area contributed by atoms with E-state index in [1.807, 2.05) is 0 Å². The number of halogens is 1. The molecule has 0 unspecified atom stereocenters. The summed E-state index contributed by atoms with van der Waals surface area (Å²) in [6, 6.07) is 4.59. The van der Waals surface area contributed by atoms with Gasteiger partial charge >= 0.3 is 5.97 Å². The van der Waals surface area contributed by atoms with Gasteiger partial charge in [0.25, 0.3) is 5.91 Å². The molecule has 0 aliphatic carbocycles. The fourth-order valence-electron chi connectivity index (χ4n) is 1.37. The van der Waals surface area contributed by atoms with Crippen LogP contribution in [-0.4, -0.2) is 27.0 Å². The smallest absolute Gasteiger partial charge is 0.337 e. The van der Waals surface area contributed by atoms with Crippen LogP contribution in [0, 0.1) is 0 Å². The fourth-order valence-corrected chi connectivity index (χ4v) is 1.73. The third-order valence-electron chi connectivity index (χ3n) is 2.20. The molecular weight excluding hydrogens is 302 g/mol. The van der Waals surface area contributed by atoms with Crippen molar-refractivity contribution >= 4 is 33.5 Å². The van der Waals surface area contributed by atoms with Gasteiger partial charge in [0, 0.05) is 4.47 Å². The van der Waals surface area contributed by atoms with E-state index in [1.165, 1.54) is 24.7 Å². The monoisotopic (exact) mass is 309 g/mol. The van der Waals surface area contributed by atoms with Gasteiger partial charge in [0.15, 0.2) is 0 Å². The van der Waals surface area contributed by atoms with Gasteiger partial charge in [-0.3, -0.25) is 4.79 Å². The minimum absolute atomic E-state index is 0.0113. The van der Waals surface area contributed by atoms with E-state index in [2.05, 4.69) is 31.2 Å². The summed E-state index contributed by atoms with van der Waals surface area (Å²) in [5.41, 5.74) is 0.497. The Morgan fingerprint density at radius 2 is 2.17 bits per heavy atom. The number of carbonyl (C=O) groups is 2. The number of nitrogens with one attached hydrogen (secondary N) is 2. The number of carboxylic acids is 1. The lowest BCUT2D eigenvalue weighted by molar-refractivity contribution is 0.0698. The van der Waals surface area contributed by atoms with Crippen molar-refractivity contribution < 1.29 is 14.7 Å². The zero-order chi connectivity index (χ0) is 13.1. The van der Waals surface area contributed by atoms with Crippen molar-refractivity contribution in [2.75, 3.05) is 5.32 Å². The highest BCUT2D eigenvalue weighted by Crippen LogP contribution is 2.21. The summed E-state index contributed by atoms with van der Waals surface area (Å²) in [7, 11) is 0. The molecule has 0 radical (unpaired) electrons. The van der Waals surface area contributed by atoms with Crippen LogP contribution >= 0.6 is 15.9 Å². The molecule has 1 aromatic carbocycles. The van der Waals surface area contributed by atoms with Crippen molar-refractivity contribution in [3.63, 3.8) is 0 Å². The van der Waals surface area contributed by atoms with Crippen LogP contribution in [0.3, 0.4) is 0 Å². The van der Waals surface area contributed by atoms with Gasteiger partial charge in [0.05, 0.1) is 23.8 Å². The first-order valence-electron chi connectivity index (χ1n) is 4.90. The summed E-state index contributed by atoms with van der Waals surface area (Å²) in [6.45, 7) is 0. The Labute approximate surface area is 110 Å². The number of benzene rings is 1. The molecule has 0 spiro atoms. The molecule has 3 N–H and O–H groups in total. The van der Waals surface area contributed by atoms with Crippen molar-refractivity contribution in [3.05, 3.63) is 46.5 Å². The molecule has 0 aliphatic heterocycles. The fraction of sp³-hybridized carbons (Fsp3) is 0. The number of rotatable bonds is 3. The van der Waals surface area contributed by atoms with E-state index in [1.54, 1.807) is 6.07 Å². The number of aromatic carboxylic acids is 1. The second kappa shape index (κ2) is 5.01. The normalized spacial score (nSPS) is 10.1. The highest BCUT2D eigenvalue weighted by molar-refractivity contribution is 9.10. The summed E-state index contributed by atoms with van der Waals surface area (Å²) in [5, 5.41) is 11.6. The van der Waals surface area contributed by atoms with Crippen LogP contribution in [0.5, 0.6) is 0 Å². The van der Waals surface area contributed by atoms with E-state index in [0.29, 0.717) is 4.47 Å². The van der Waals surface area contributed by atoms with Crippen molar-refractivity contribution in [1.29, 1.82) is 0 Å². The summed E-state index contributed by atoms with van der Waals surface area (Å²) in [4.78, 5) is 29.2. The number of amides is 1. The lowest BCUT2D eigenvalue weighted by atomic mass is 10.2. The molecule has 0 fully saturated rings. The third kappa shape index (κ3) is 2.57. The molecule has 1 heterocycles. The molecule has 7 heteroatoms. The van der Waals surface area contributed by atoms with Crippen LogP contribution in [0.2, 0.25) is 0 Å². The highest BCUT2D eigenvalue weighted by atomic mass is 79.9. The Balaban J connectivity index is 2.29. The number of hydrogen-bond donors (Lipinski definition) is 3. The number of nitrogens with zero attached hydrogens (tertiary/aromatic N) is 1. The van der Waals surface area contributed by atoms with Gasteiger partial charge in [-0.05, 0) is 18.2 Å². The first-order valence-corrected chi connectivity index (χ1v) is 5.70. The zero-order valence-electron chi connectivity index (χ0n) is 8.98. The van der Waals surface area contributed by atoms with E-state index in [-0.39, 0.29) is 16.9 Å². The molecule has 0 atom stereocenters. The average Bonchev–Trinajstić information content (AvgIpc) is 2.84. The predicted molar refractivity (Wildman–Crippen MR) is 67.6 cm³/mol. The van der Waals surface area contributed by atoms with Crippen LogP contribution in [0.15, 0.2) is 35.2 Å². The van der Waals surface area contributed by atoms with Gasteiger partial charge < -0.3 is 15.4 Å². The number of hydrogen-bond acceptors (Lipinski definition) is 3. The molecule has 0 aliphatic rings. The Morgan fingerprint density at radius 1 is 1.39 bits per heavy atom. The second-order valence-corrected chi connectivity index (χ2v) is 4.33. The van der Waals surface area contributed by atoms with Crippen LogP contribution in [0.4, 0.5) is 5.69 Å². The summed E-state index contributed by atoms with van der Waals surface area (Å²) < 4.78 is 0.624. The first kappa shape index (κ1) is 12.3. The number of anilines is 1. The number of aromatic nitrogens is 2. The zero-order valence-corrected chi connectivity index (χ0v) is 10.6. The van der Waals surface area contributed by atoms with Gasteiger partial charge in [-0.2, -0.15) is 0 Å². The van der Waals surface area contributed by atoms with Gasteiger partial charge in [-0.15, -0.1) is 0 Å². The maximum Gasteiger partial charge on any atom is 0.337 e. The Morgan fingerprint density at radius 3 is 2.78 bits per heavy atom. The molecule has 1 aromatic heterocycles. The maximum atomic E-state index is 11.7. The third-order valence-corrected chi connectivity index (χ3v) is 2.70. The lowest BCUT2D eigenvalue weighted by Gasteiger charge is -2.07. The van der Waals surface area contributed by atoms with Crippen molar-refractivity contribution in [1.82, 2.24) is 9.97 Å². The molecule has 0 saturated carbocycles. The van der Waals surface area contributed by atoms with Crippen LogP contribution < -0.4 is 5.32 Å². The first-order chi connectivity index (χ1) is 8.58. The summed E-state index contributed by atoms with van der Waals surface area (Å²) >= 11 is 3.18. The molecule has 1 amide bonds. The summed E-state index contributed by atoms with van der Waals surface area (Å²) in [6.07, 6.45) is 2.73. The van der Waals surface area contributed by atoms with E-state index >= 15 is 0 Å². The highest BCUT2D eigenvalue weighted by Gasteiger charge is 2.14. The lowest BCUT2D eigenvalue weighted by Crippen LogP contribution is -2.15. The van der Waals surface area contributed by atoms with Gasteiger partial charge in [-0.25, -0.2) is 9.78 Å². The standard InChI is InChI=1S/C11H8BrN3O3/c12-6-1-2-8(7(3-6)11(17)18)15-10(16)9-4-13-5-14-9/h1-5H,(H,13,14)(H,15,16)(H,17,18). The number of H-pyrrole nitrogens is 1. The van der Waals surface area contributed by atoms with Crippen LogP contribution in [0.25, 0.3) is 0 Å². The van der Waals surface area contributed by atoms with Gasteiger partial charge in [0.2, 0.25) is 0 Å². The number of carbonyl (C=O) groups excluding carboxylic acids is 1. The number of carboxylic acid groups (broad SMARTS) is 1.